The molecule has 0 saturated carbocycles. The third kappa shape index (κ3) is 3.78. The summed E-state index contributed by atoms with van der Waals surface area (Å²) >= 11 is 1.22. The molecule has 0 saturated heterocycles. The zero-order chi connectivity index (χ0) is 15.4. The van der Waals surface area contributed by atoms with Crippen molar-refractivity contribution < 1.29 is 19.1 Å². The molecule has 112 valence electrons. The molecule has 0 aliphatic heterocycles. The summed E-state index contributed by atoms with van der Waals surface area (Å²) in [5.74, 6) is -1.83. The quantitative estimate of drug-likeness (QED) is 0.859. The predicted molar refractivity (Wildman–Crippen MR) is 80.2 cm³/mol. The third-order valence-corrected chi connectivity index (χ3v) is 4.27. The first-order valence-electron chi connectivity index (χ1n) is 6.74. The molecule has 21 heavy (non-hydrogen) atoms. The number of nitrogens with one attached hydrogen (secondary N) is 1. The first-order valence-corrected chi connectivity index (χ1v) is 7.55. The number of carboxylic acid groups (broad SMARTS) is 1. The van der Waals surface area contributed by atoms with Crippen molar-refractivity contribution in [3.8, 4) is 0 Å². The molecule has 0 fully saturated rings. The van der Waals surface area contributed by atoms with E-state index in [-0.39, 0.29) is 5.82 Å². The van der Waals surface area contributed by atoms with Gasteiger partial charge in [-0.25, -0.2) is 9.18 Å². The van der Waals surface area contributed by atoms with Crippen molar-refractivity contribution in [3.63, 3.8) is 0 Å². The Kier molecular flexibility index (Phi) is 4.90. The number of halogens is 1. The van der Waals surface area contributed by atoms with E-state index in [1.54, 1.807) is 12.1 Å². The Morgan fingerprint density at radius 2 is 2.14 bits per heavy atom. The molecule has 2 N–H and O–H groups in total. The van der Waals surface area contributed by atoms with Gasteiger partial charge in [0.1, 0.15) is 11.9 Å². The number of hydrogen-bond acceptors (Lipinski definition) is 3. The van der Waals surface area contributed by atoms with Gasteiger partial charge in [-0.2, -0.15) is 0 Å². The molecular weight excluding hydrogens is 293 g/mol. The lowest BCUT2D eigenvalue weighted by atomic mass is 10.1. The Labute approximate surface area is 125 Å². The van der Waals surface area contributed by atoms with Crippen LogP contribution in [-0.4, -0.2) is 23.0 Å². The minimum absolute atomic E-state index is 0.362. The minimum Gasteiger partial charge on any atom is -0.480 e. The van der Waals surface area contributed by atoms with Crippen LogP contribution in [-0.2, 0) is 4.79 Å². The maximum atomic E-state index is 13.1. The topological polar surface area (TPSA) is 66.4 Å². The molecule has 0 bridgehead atoms. The molecule has 1 atom stereocenters. The van der Waals surface area contributed by atoms with Gasteiger partial charge in [0.05, 0.1) is 4.88 Å². The summed E-state index contributed by atoms with van der Waals surface area (Å²) in [6, 6.07) is 4.99. The second kappa shape index (κ2) is 6.67. The highest BCUT2D eigenvalue weighted by Gasteiger charge is 2.21. The van der Waals surface area contributed by atoms with Crippen LogP contribution in [0.25, 0.3) is 10.1 Å². The van der Waals surface area contributed by atoms with Crippen LogP contribution in [0.4, 0.5) is 4.39 Å². The van der Waals surface area contributed by atoms with Crippen molar-refractivity contribution in [2.45, 2.75) is 32.2 Å². The molecule has 0 aliphatic carbocycles. The van der Waals surface area contributed by atoms with Crippen LogP contribution in [0, 0.1) is 5.82 Å². The van der Waals surface area contributed by atoms with E-state index in [1.165, 1.54) is 23.5 Å². The van der Waals surface area contributed by atoms with Crippen molar-refractivity contribution in [1.29, 1.82) is 0 Å². The van der Waals surface area contributed by atoms with Crippen LogP contribution >= 0.6 is 11.3 Å². The fourth-order valence-corrected chi connectivity index (χ4v) is 2.97. The number of aliphatic carboxylic acids is 1. The Balaban J connectivity index is 2.15. The summed E-state index contributed by atoms with van der Waals surface area (Å²) in [6.07, 6.45) is 1.99. The largest absolute Gasteiger partial charge is 0.480 e. The van der Waals surface area contributed by atoms with Crippen molar-refractivity contribution in [3.05, 3.63) is 35.0 Å². The van der Waals surface area contributed by atoms with Gasteiger partial charge in [-0.1, -0.05) is 19.8 Å². The number of rotatable bonds is 6. The molecule has 0 radical (unpaired) electrons. The van der Waals surface area contributed by atoms with Gasteiger partial charge >= 0.3 is 5.97 Å². The molecule has 1 heterocycles. The van der Waals surface area contributed by atoms with Gasteiger partial charge in [0.25, 0.3) is 5.91 Å². The van der Waals surface area contributed by atoms with Crippen molar-refractivity contribution in [2.75, 3.05) is 0 Å². The van der Waals surface area contributed by atoms with Crippen molar-refractivity contribution in [1.82, 2.24) is 5.32 Å². The maximum Gasteiger partial charge on any atom is 0.326 e. The first kappa shape index (κ1) is 15.4. The lowest BCUT2D eigenvalue weighted by Gasteiger charge is -2.13. The molecule has 2 rings (SSSR count). The molecule has 0 aliphatic rings. The van der Waals surface area contributed by atoms with Gasteiger partial charge in [-0.05, 0) is 36.1 Å². The van der Waals surface area contributed by atoms with E-state index in [2.05, 4.69) is 5.32 Å². The average Bonchev–Trinajstić information content (AvgIpc) is 2.85. The molecule has 1 aromatic heterocycles. The summed E-state index contributed by atoms with van der Waals surface area (Å²) in [5, 5.41) is 12.3. The van der Waals surface area contributed by atoms with Crippen molar-refractivity contribution >= 4 is 33.3 Å². The SMILES string of the molecule is CCCCC(NC(=O)c1cc2cc(F)ccc2s1)C(=O)O. The summed E-state index contributed by atoms with van der Waals surface area (Å²) in [7, 11) is 0. The summed E-state index contributed by atoms with van der Waals surface area (Å²) in [5.41, 5.74) is 0. The highest BCUT2D eigenvalue weighted by atomic mass is 32.1. The van der Waals surface area contributed by atoms with E-state index >= 15 is 0 Å². The average molecular weight is 309 g/mol. The number of benzene rings is 1. The van der Waals surface area contributed by atoms with Crippen LogP contribution in [0.1, 0.15) is 35.9 Å². The fourth-order valence-electron chi connectivity index (χ4n) is 2.02. The van der Waals surface area contributed by atoms with E-state index in [4.69, 9.17) is 5.11 Å². The zero-order valence-corrected chi connectivity index (χ0v) is 12.4. The molecule has 1 amide bonds. The Morgan fingerprint density at radius 1 is 1.38 bits per heavy atom. The molecule has 2 aromatic rings. The second-order valence-corrected chi connectivity index (χ2v) is 5.88. The second-order valence-electron chi connectivity index (χ2n) is 4.80. The van der Waals surface area contributed by atoms with Gasteiger partial charge in [0.15, 0.2) is 0 Å². The summed E-state index contributed by atoms with van der Waals surface area (Å²) in [4.78, 5) is 23.6. The van der Waals surface area contributed by atoms with Crippen LogP contribution < -0.4 is 5.32 Å². The molecule has 6 heteroatoms. The first-order chi connectivity index (χ1) is 10.0. The predicted octanol–water partition coefficient (Wildman–Crippen LogP) is 3.41. The highest BCUT2D eigenvalue weighted by Crippen LogP contribution is 2.26. The molecule has 1 unspecified atom stereocenters. The van der Waals surface area contributed by atoms with E-state index in [0.717, 1.165) is 17.5 Å². The van der Waals surface area contributed by atoms with Gasteiger partial charge in [0.2, 0.25) is 0 Å². The number of hydrogen-bond donors (Lipinski definition) is 2. The minimum atomic E-state index is -1.04. The van der Waals surface area contributed by atoms with Gasteiger partial charge < -0.3 is 10.4 Å². The lowest BCUT2D eigenvalue weighted by Crippen LogP contribution is -2.40. The monoisotopic (exact) mass is 309 g/mol. The molecule has 4 nitrogen and oxygen atoms in total. The number of unbranched alkanes of at least 4 members (excludes halogenated alkanes) is 1. The maximum absolute atomic E-state index is 13.1. The number of carboxylic acids is 1. The van der Waals surface area contributed by atoms with E-state index in [9.17, 15) is 14.0 Å². The van der Waals surface area contributed by atoms with Gasteiger partial charge in [-0.3, -0.25) is 4.79 Å². The summed E-state index contributed by atoms with van der Waals surface area (Å²) < 4.78 is 13.9. The fraction of sp³-hybridized carbons (Fsp3) is 0.333. The van der Waals surface area contributed by atoms with E-state index in [1.807, 2.05) is 6.92 Å². The van der Waals surface area contributed by atoms with Crippen LogP contribution in [0.3, 0.4) is 0 Å². The standard InChI is InChI=1S/C15H16FNO3S/c1-2-3-4-11(15(19)20)17-14(18)13-8-9-7-10(16)5-6-12(9)21-13/h5-8,11H,2-4H2,1H3,(H,17,18)(H,19,20). The van der Waals surface area contributed by atoms with Crippen LogP contribution in [0.15, 0.2) is 24.3 Å². The molecule has 0 spiro atoms. The van der Waals surface area contributed by atoms with Gasteiger partial charge in [-0.15, -0.1) is 11.3 Å². The number of carbonyl (C=O) groups excluding carboxylic acids is 1. The Hall–Kier alpha value is -1.95. The lowest BCUT2D eigenvalue weighted by molar-refractivity contribution is -0.139. The van der Waals surface area contributed by atoms with Crippen molar-refractivity contribution in [2.24, 2.45) is 0 Å². The number of fused-ring (bicyclic) bond motifs is 1. The number of amides is 1. The third-order valence-electron chi connectivity index (χ3n) is 3.15. The van der Waals surface area contributed by atoms with Crippen LogP contribution in [0.5, 0.6) is 0 Å². The van der Waals surface area contributed by atoms with Gasteiger partial charge in [0, 0.05) is 4.70 Å². The molecular formula is C15H16FNO3S. The zero-order valence-electron chi connectivity index (χ0n) is 11.6. The normalized spacial score (nSPS) is 12.3. The van der Waals surface area contributed by atoms with Crippen LogP contribution in [0.2, 0.25) is 0 Å². The van der Waals surface area contributed by atoms with E-state index < -0.39 is 17.9 Å². The highest BCUT2D eigenvalue weighted by molar-refractivity contribution is 7.20. The summed E-state index contributed by atoms with van der Waals surface area (Å²) in [6.45, 7) is 1.96. The Morgan fingerprint density at radius 3 is 2.81 bits per heavy atom. The number of carbonyl (C=O) groups is 2. The Bertz CT molecular complexity index is 668. The van der Waals surface area contributed by atoms with E-state index in [0.29, 0.717) is 16.7 Å². The number of thiophene rings is 1. The smallest absolute Gasteiger partial charge is 0.326 e. The molecule has 1 aromatic carbocycles.